The van der Waals surface area contributed by atoms with Crippen molar-refractivity contribution in [1.29, 1.82) is 0 Å². The summed E-state index contributed by atoms with van der Waals surface area (Å²) in [5, 5.41) is 9.35. The molecule has 0 radical (unpaired) electrons. The van der Waals surface area contributed by atoms with Crippen LogP contribution in [0.4, 0.5) is 13.2 Å². The second-order valence-electron chi connectivity index (χ2n) is 10.1. The molecular formula is C32H33F3N2O3. The van der Waals surface area contributed by atoms with Crippen LogP contribution in [0.15, 0.2) is 66.2 Å². The number of aliphatic hydroxyl groups excluding tert-OH is 1. The summed E-state index contributed by atoms with van der Waals surface area (Å²) in [6, 6.07) is 14.7. The summed E-state index contributed by atoms with van der Waals surface area (Å²) in [4.78, 5) is 18.1. The molecule has 0 unspecified atom stereocenters. The Morgan fingerprint density at radius 3 is 2.27 bits per heavy atom. The number of methoxy groups -OCH3 is 1. The van der Waals surface area contributed by atoms with Crippen molar-refractivity contribution in [1.82, 2.24) is 9.55 Å². The largest absolute Gasteiger partial charge is 0.497 e. The molecule has 0 atom stereocenters. The Kier molecular flexibility index (Phi) is 8.79. The highest BCUT2D eigenvalue weighted by atomic mass is 19.4. The van der Waals surface area contributed by atoms with Gasteiger partial charge in [0.25, 0.3) is 0 Å². The molecule has 0 bridgehead atoms. The number of unbranched alkanes of at least 4 members (excludes halogenated alkanes) is 1. The van der Waals surface area contributed by atoms with E-state index in [1.54, 1.807) is 25.3 Å². The number of fused-ring (bicyclic) bond motifs is 1. The Hall–Kier alpha value is -3.91. The first kappa shape index (κ1) is 29.1. The number of carbonyl (C=O) groups is 1. The smallest absolute Gasteiger partial charge is 0.416 e. The fourth-order valence-electron chi connectivity index (χ4n) is 5.15. The third-order valence-corrected chi connectivity index (χ3v) is 6.93. The topological polar surface area (TPSA) is 64.3 Å². The number of aromatic nitrogens is 2. The number of carbonyl (C=O) groups excluding carboxylic acids is 1. The van der Waals surface area contributed by atoms with Crippen LogP contribution in [-0.2, 0) is 12.6 Å². The predicted molar refractivity (Wildman–Crippen MR) is 150 cm³/mol. The van der Waals surface area contributed by atoms with Gasteiger partial charge in [-0.1, -0.05) is 23.3 Å². The van der Waals surface area contributed by atoms with Crippen molar-refractivity contribution in [3.8, 4) is 11.4 Å². The summed E-state index contributed by atoms with van der Waals surface area (Å²) in [6.45, 7) is 5.84. The number of hydrogen-bond acceptors (Lipinski definition) is 4. The van der Waals surface area contributed by atoms with Crippen molar-refractivity contribution in [3.05, 3.63) is 99.9 Å². The number of hydrogen-bond donors (Lipinski definition) is 1. The van der Waals surface area contributed by atoms with Gasteiger partial charge in [-0.25, -0.2) is 4.98 Å². The van der Waals surface area contributed by atoms with Crippen molar-refractivity contribution in [2.45, 2.75) is 52.6 Å². The van der Waals surface area contributed by atoms with E-state index >= 15 is 0 Å². The van der Waals surface area contributed by atoms with Crippen molar-refractivity contribution in [2.24, 2.45) is 0 Å². The second-order valence-corrected chi connectivity index (χ2v) is 10.1. The van der Waals surface area contributed by atoms with Crippen LogP contribution in [0.25, 0.3) is 16.7 Å². The summed E-state index contributed by atoms with van der Waals surface area (Å²) in [5.41, 5.74) is 4.96. The van der Waals surface area contributed by atoms with Crippen LogP contribution in [-0.4, -0.2) is 34.2 Å². The number of aryl methyl sites for hydroxylation is 3. The number of rotatable bonds is 10. The number of ketones is 1. The molecule has 4 rings (SSSR count). The van der Waals surface area contributed by atoms with Crippen LogP contribution < -0.4 is 4.74 Å². The lowest BCUT2D eigenvalue weighted by Crippen LogP contribution is -2.07. The zero-order valence-corrected chi connectivity index (χ0v) is 23.1. The van der Waals surface area contributed by atoms with E-state index in [1.165, 1.54) is 6.07 Å². The molecule has 0 aliphatic carbocycles. The van der Waals surface area contributed by atoms with E-state index in [1.807, 2.05) is 49.6 Å². The zero-order chi connectivity index (χ0) is 29.0. The molecule has 3 aromatic carbocycles. The molecule has 0 aliphatic heterocycles. The van der Waals surface area contributed by atoms with E-state index in [-0.39, 0.29) is 24.3 Å². The Morgan fingerprint density at radius 2 is 1.68 bits per heavy atom. The quantitative estimate of drug-likeness (QED) is 0.126. The van der Waals surface area contributed by atoms with Gasteiger partial charge in [-0.3, -0.25) is 9.36 Å². The van der Waals surface area contributed by atoms with Gasteiger partial charge >= 0.3 is 6.18 Å². The molecule has 0 fully saturated rings. The Labute approximate surface area is 231 Å². The first-order valence-corrected chi connectivity index (χ1v) is 13.2. The van der Waals surface area contributed by atoms with Crippen molar-refractivity contribution in [3.63, 3.8) is 0 Å². The minimum atomic E-state index is -4.50. The molecule has 40 heavy (non-hydrogen) atoms. The van der Waals surface area contributed by atoms with Crippen LogP contribution in [0.2, 0.25) is 0 Å². The summed E-state index contributed by atoms with van der Waals surface area (Å²) < 4.78 is 47.6. The summed E-state index contributed by atoms with van der Waals surface area (Å²) in [5.74, 6) is 1.04. The van der Waals surface area contributed by atoms with Crippen LogP contribution in [0.5, 0.6) is 5.75 Å². The van der Waals surface area contributed by atoms with Crippen molar-refractivity contribution in [2.75, 3.05) is 13.7 Å². The normalized spacial score (nSPS) is 12.2. The molecule has 1 aromatic heterocycles. The van der Waals surface area contributed by atoms with Gasteiger partial charge in [-0.2, -0.15) is 13.2 Å². The Morgan fingerprint density at radius 1 is 1.00 bits per heavy atom. The highest BCUT2D eigenvalue weighted by Gasteiger charge is 2.31. The van der Waals surface area contributed by atoms with Gasteiger partial charge in [0.1, 0.15) is 11.6 Å². The maximum absolute atomic E-state index is 13.5. The van der Waals surface area contributed by atoms with E-state index in [2.05, 4.69) is 4.98 Å². The van der Waals surface area contributed by atoms with Gasteiger partial charge in [0.05, 0.1) is 23.7 Å². The number of imidazole rings is 1. The molecule has 0 saturated carbocycles. The lowest BCUT2D eigenvalue weighted by Gasteiger charge is -2.13. The molecule has 1 N–H and O–H groups in total. The number of allylic oxidation sites excluding steroid dienone is 2. The van der Waals surface area contributed by atoms with Crippen LogP contribution in [0.3, 0.4) is 0 Å². The monoisotopic (exact) mass is 550 g/mol. The lowest BCUT2D eigenvalue weighted by atomic mass is 9.94. The minimum Gasteiger partial charge on any atom is -0.497 e. The number of benzene rings is 3. The van der Waals surface area contributed by atoms with Crippen LogP contribution >= 0.6 is 0 Å². The molecule has 1 heterocycles. The predicted octanol–water partition coefficient (Wildman–Crippen LogP) is 7.49. The van der Waals surface area contributed by atoms with Gasteiger partial charge in [0, 0.05) is 24.3 Å². The van der Waals surface area contributed by atoms with E-state index in [0.29, 0.717) is 47.6 Å². The maximum atomic E-state index is 13.5. The van der Waals surface area contributed by atoms with Gasteiger partial charge < -0.3 is 9.84 Å². The van der Waals surface area contributed by atoms with Crippen LogP contribution in [0, 0.1) is 20.8 Å². The molecule has 0 aliphatic rings. The molecular weight excluding hydrogens is 517 g/mol. The Balaban J connectivity index is 1.83. The fourth-order valence-corrected chi connectivity index (χ4v) is 5.15. The van der Waals surface area contributed by atoms with E-state index in [9.17, 15) is 23.1 Å². The van der Waals surface area contributed by atoms with E-state index in [4.69, 9.17) is 4.74 Å². The van der Waals surface area contributed by atoms with Gasteiger partial charge in [-0.15, -0.1) is 0 Å². The van der Waals surface area contributed by atoms with Gasteiger partial charge in [0.2, 0.25) is 0 Å². The summed E-state index contributed by atoms with van der Waals surface area (Å²) in [6.07, 6.45) is -0.857. The average molecular weight is 551 g/mol. The van der Waals surface area contributed by atoms with Crippen LogP contribution in [0.1, 0.15) is 57.7 Å². The minimum absolute atomic E-state index is 0.0297. The van der Waals surface area contributed by atoms with Crippen molar-refractivity contribution >= 4 is 16.8 Å². The molecule has 8 heteroatoms. The van der Waals surface area contributed by atoms with Crippen molar-refractivity contribution < 1.29 is 27.8 Å². The molecule has 0 amide bonds. The number of ether oxygens (including phenoxy) is 1. The molecule has 0 saturated heterocycles. The average Bonchev–Trinajstić information content (AvgIpc) is 3.24. The van der Waals surface area contributed by atoms with Gasteiger partial charge in [0.15, 0.2) is 5.78 Å². The highest BCUT2D eigenvalue weighted by molar-refractivity contribution is 6.07. The standard InChI is InChI=1S/C32H33F3N2O3/c1-20-15-21(2)31(22(3)16-20)29(39)17-23(7-5-6-14-38)18-30-36-27-19-24(32(33,34)35)8-13-28(27)37(30)25-9-11-26(40-4)12-10-25/h8-13,15-17,19,38H,5-7,14,18H2,1-4H3/b23-17-. The SMILES string of the molecule is COc1ccc(-n2c(C/C(=C\C(=O)c3c(C)cc(C)cc3C)CCCCO)nc3cc(C(F)(F)F)ccc32)cc1. The third kappa shape index (κ3) is 6.45. The molecule has 210 valence electrons. The van der Waals surface area contributed by atoms with E-state index < -0.39 is 11.7 Å². The second kappa shape index (κ2) is 12.1. The van der Waals surface area contributed by atoms with Gasteiger partial charge in [-0.05, 0) is 99.7 Å². The number of aliphatic hydroxyl groups is 1. The number of alkyl halides is 3. The number of halogens is 3. The molecule has 4 aromatic rings. The molecule has 0 spiro atoms. The summed E-state index contributed by atoms with van der Waals surface area (Å²) in [7, 11) is 1.56. The first-order chi connectivity index (χ1) is 19.0. The first-order valence-electron chi connectivity index (χ1n) is 13.2. The summed E-state index contributed by atoms with van der Waals surface area (Å²) >= 11 is 0. The molecule has 5 nitrogen and oxygen atoms in total. The fraction of sp³-hybridized carbons (Fsp3) is 0.312. The zero-order valence-electron chi connectivity index (χ0n) is 23.1. The Bertz CT molecular complexity index is 1530. The highest BCUT2D eigenvalue weighted by Crippen LogP contribution is 2.33. The third-order valence-electron chi connectivity index (χ3n) is 6.93. The van der Waals surface area contributed by atoms with E-state index in [0.717, 1.165) is 34.4 Å². The number of nitrogens with zero attached hydrogens (tertiary/aromatic N) is 2. The maximum Gasteiger partial charge on any atom is 0.416 e. The lowest BCUT2D eigenvalue weighted by molar-refractivity contribution is -0.137.